The van der Waals surface area contributed by atoms with Crippen molar-refractivity contribution in [1.29, 1.82) is 0 Å². The molecule has 2 unspecified atom stereocenters. The van der Waals surface area contributed by atoms with E-state index in [4.69, 9.17) is 37.4 Å². The summed E-state index contributed by atoms with van der Waals surface area (Å²) in [7, 11) is 4.57. The number of ether oxygens (including phenoxy) is 3. The SMILES string of the molecule is CCCN1c2ccccc2N(C(=O)O)C1C(=O)C1CCN(CCC2(c3ccc(Cl)c(Cl)c3)CCN(C(=O)c3cc(OC)c(OC)c(OC)c3)C2)CC1. The minimum Gasteiger partial charge on any atom is -0.493 e. The molecule has 52 heavy (non-hydrogen) atoms. The maximum absolute atomic E-state index is 14.1. The van der Waals surface area contributed by atoms with Crippen molar-refractivity contribution in [3.05, 3.63) is 75.8 Å². The number of Topliss-reactive ketones (excluding diaryl/α,β-unsaturated/α-hetero) is 1. The van der Waals surface area contributed by atoms with Gasteiger partial charge in [-0.2, -0.15) is 0 Å². The van der Waals surface area contributed by atoms with Crippen LogP contribution in [0.1, 0.15) is 54.9 Å². The molecule has 0 aliphatic carbocycles. The van der Waals surface area contributed by atoms with Crippen molar-refractivity contribution < 1.29 is 33.7 Å². The zero-order chi connectivity index (χ0) is 37.2. The van der Waals surface area contributed by atoms with Crippen molar-refractivity contribution in [3.8, 4) is 17.2 Å². The highest BCUT2D eigenvalue weighted by Gasteiger charge is 2.46. The third-order valence-electron chi connectivity index (χ3n) is 10.9. The number of benzene rings is 3. The number of rotatable bonds is 12. The van der Waals surface area contributed by atoms with Gasteiger partial charge in [0.2, 0.25) is 5.75 Å². The minimum absolute atomic E-state index is 0.0456. The van der Waals surface area contributed by atoms with Crippen molar-refractivity contribution in [2.75, 3.05) is 70.4 Å². The van der Waals surface area contributed by atoms with Crippen LogP contribution in [0.4, 0.5) is 16.2 Å². The first-order valence-electron chi connectivity index (χ1n) is 17.7. The number of fused-ring (bicyclic) bond motifs is 1. The Bertz CT molecular complexity index is 1790. The topological polar surface area (TPSA) is 112 Å². The van der Waals surface area contributed by atoms with E-state index in [1.807, 2.05) is 53.1 Å². The zero-order valence-corrected chi connectivity index (χ0v) is 31.6. The molecule has 13 heteroatoms. The maximum Gasteiger partial charge on any atom is 0.414 e. The van der Waals surface area contributed by atoms with Crippen LogP contribution in [0.25, 0.3) is 0 Å². The second-order valence-electron chi connectivity index (χ2n) is 13.8. The molecule has 0 spiro atoms. The number of hydrogen-bond acceptors (Lipinski definition) is 8. The number of likely N-dealkylation sites (tertiary alicyclic amines) is 2. The molecule has 0 saturated carbocycles. The lowest BCUT2D eigenvalue weighted by molar-refractivity contribution is -0.125. The van der Waals surface area contributed by atoms with Gasteiger partial charge in [0, 0.05) is 36.5 Å². The van der Waals surface area contributed by atoms with Gasteiger partial charge in [0.25, 0.3) is 5.91 Å². The molecule has 278 valence electrons. The number of carboxylic acid groups (broad SMARTS) is 1. The second kappa shape index (κ2) is 15.8. The Balaban J connectivity index is 1.16. The number of carbonyl (C=O) groups is 3. The number of piperidine rings is 1. The molecule has 3 aromatic rings. The summed E-state index contributed by atoms with van der Waals surface area (Å²) < 4.78 is 16.5. The van der Waals surface area contributed by atoms with E-state index in [1.165, 1.54) is 26.2 Å². The van der Waals surface area contributed by atoms with Crippen LogP contribution in [-0.2, 0) is 10.2 Å². The molecule has 3 aromatic carbocycles. The molecule has 3 heterocycles. The molecular formula is C39H46Cl2N4O7. The highest BCUT2D eigenvalue weighted by molar-refractivity contribution is 6.42. The van der Waals surface area contributed by atoms with E-state index in [2.05, 4.69) is 4.90 Å². The minimum atomic E-state index is -1.12. The smallest absolute Gasteiger partial charge is 0.414 e. The first-order chi connectivity index (χ1) is 25.0. The predicted molar refractivity (Wildman–Crippen MR) is 202 cm³/mol. The highest BCUT2D eigenvalue weighted by atomic mass is 35.5. The van der Waals surface area contributed by atoms with Crippen molar-refractivity contribution >= 4 is 52.4 Å². The quantitative estimate of drug-likeness (QED) is 0.205. The van der Waals surface area contributed by atoms with Gasteiger partial charge in [0.05, 0.1) is 42.7 Å². The van der Waals surface area contributed by atoms with Crippen LogP contribution in [0.3, 0.4) is 0 Å². The lowest BCUT2D eigenvalue weighted by atomic mass is 9.76. The summed E-state index contributed by atoms with van der Waals surface area (Å²) in [6.07, 6.45) is 1.58. The standard InChI is InChI=1S/C39H46Cl2N4O7/c1-5-16-44-30-8-6-7-9-31(30)45(38(48)49)36(44)34(46)25-12-17-42(18-13-25)19-14-39(27-10-11-28(40)29(41)23-27)15-20-43(24-39)37(47)26-21-32(50-2)35(52-4)33(22-26)51-3/h6-11,21-23,25,36H,5,12-20,24H2,1-4H3,(H,48,49). The molecule has 6 rings (SSSR count). The number of carbonyl (C=O) groups excluding carboxylic acids is 2. The van der Waals surface area contributed by atoms with Crippen LogP contribution >= 0.6 is 23.2 Å². The molecular weight excluding hydrogens is 707 g/mol. The molecule has 2 atom stereocenters. The first kappa shape index (κ1) is 37.6. The molecule has 1 N–H and O–H groups in total. The predicted octanol–water partition coefficient (Wildman–Crippen LogP) is 7.22. The molecule has 0 bridgehead atoms. The van der Waals surface area contributed by atoms with Gasteiger partial charge in [-0.05, 0) is 93.7 Å². The maximum atomic E-state index is 14.1. The third-order valence-corrected chi connectivity index (χ3v) is 11.6. The van der Waals surface area contributed by atoms with Crippen LogP contribution < -0.4 is 24.0 Å². The summed E-state index contributed by atoms with van der Waals surface area (Å²) in [6.45, 7) is 5.83. The van der Waals surface area contributed by atoms with Gasteiger partial charge < -0.3 is 34.0 Å². The molecule has 3 aliphatic rings. The molecule has 0 radical (unpaired) electrons. The number of para-hydroxylation sites is 2. The van der Waals surface area contributed by atoms with Crippen LogP contribution in [0.15, 0.2) is 54.6 Å². The Morgan fingerprint density at radius 2 is 1.54 bits per heavy atom. The summed E-state index contributed by atoms with van der Waals surface area (Å²) in [4.78, 5) is 48.0. The summed E-state index contributed by atoms with van der Waals surface area (Å²) >= 11 is 12.9. The van der Waals surface area contributed by atoms with Gasteiger partial charge in [-0.15, -0.1) is 0 Å². The fourth-order valence-corrected chi connectivity index (χ4v) is 8.45. The molecule has 0 aromatic heterocycles. The molecule has 3 aliphatic heterocycles. The zero-order valence-electron chi connectivity index (χ0n) is 30.1. The molecule has 2 fully saturated rings. The fraction of sp³-hybridized carbons (Fsp3) is 0.462. The first-order valence-corrected chi connectivity index (χ1v) is 18.5. The number of amides is 2. The van der Waals surface area contributed by atoms with Gasteiger partial charge in [0.15, 0.2) is 23.4 Å². The molecule has 2 saturated heterocycles. The van der Waals surface area contributed by atoms with E-state index in [0.29, 0.717) is 84.1 Å². The van der Waals surface area contributed by atoms with Gasteiger partial charge in [-0.3, -0.25) is 9.59 Å². The van der Waals surface area contributed by atoms with E-state index in [9.17, 15) is 19.5 Å². The van der Waals surface area contributed by atoms with Crippen LogP contribution in [0, 0.1) is 5.92 Å². The second-order valence-corrected chi connectivity index (χ2v) is 14.6. The van der Waals surface area contributed by atoms with E-state index in [1.54, 1.807) is 18.2 Å². The normalized spacial score (nSPS) is 20.6. The summed E-state index contributed by atoms with van der Waals surface area (Å²) in [5.41, 5.74) is 2.43. The van der Waals surface area contributed by atoms with Crippen LogP contribution in [0.5, 0.6) is 17.2 Å². The fourth-order valence-electron chi connectivity index (χ4n) is 8.15. The summed E-state index contributed by atoms with van der Waals surface area (Å²) in [6, 6.07) is 16.4. The number of hydrogen-bond donors (Lipinski definition) is 1. The Morgan fingerprint density at radius 1 is 0.865 bits per heavy atom. The number of halogens is 2. The number of ketones is 1. The van der Waals surface area contributed by atoms with Crippen molar-refractivity contribution in [2.24, 2.45) is 5.92 Å². The monoisotopic (exact) mass is 752 g/mol. The lowest BCUT2D eigenvalue weighted by Crippen LogP contribution is -2.54. The van der Waals surface area contributed by atoms with Crippen molar-refractivity contribution in [2.45, 2.75) is 50.6 Å². The summed E-state index contributed by atoms with van der Waals surface area (Å²) in [5.74, 6) is 0.808. The van der Waals surface area contributed by atoms with Crippen molar-refractivity contribution in [1.82, 2.24) is 9.80 Å². The third kappa shape index (κ3) is 7.10. The highest BCUT2D eigenvalue weighted by Crippen LogP contribution is 2.44. The average Bonchev–Trinajstić information content (AvgIpc) is 3.75. The summed E-state index contributed by atoms with van der Waals surface area (Å²) in [5, 5.41) is 11.1. The Morgan fingerprint density at radius 3 is 2.13 bits per heavy atom. The lowest BCUT2D eigenvalue weighted by Gasteiger charge is -2.38. The van der Waals surface area contributed by atoms with Crippen LogP contribution in [-0.4, -0.2) is 99.5 Å². The largest absolute Gasteiger partial charge is 0.493 e. The average molecular weight is 754 g/mol. The Labute approximate surface area is 314 Å². The molecule has 11 nitrogen and oxygen atoms in total. The van der Waals surface area contributed by atoms with E-state index < -0.39 is 12.3 Å². The Kier molecular flexibility index (Phi) is 11.4. The van der Waals surface area contributed by atoms with Gasteiger partial charge >= 0.3 is 6.09 Å². The van der Waals surface area contributed by atoms with E-state index >= 15 is 0 Å². The molecule has 2 amide bonds. The van der Waals surface area contributed by atoms with Crippen LogP contribution in [0.2, 0.25) is 10.0 Å². The number of methoxy groups -OCH3 is 3. The van der Waals surface area contributed by atoms with Gasteiger partial charge in [0.1, 0.15) is 0 Å². The number of anilines is 2. The van der Waals surface area contributed by atoms with E-state index in [0.717, 1.165) is 37.1 Å². The van der Waals surface area contributed by atoms with E-state index in [-0.39, 0.29) is 23.0 Å². The van der Waals surface area contributed by atoms with Crippen molar-refractivity contribution in [3.63, 3.8) is 0 Å². The van der Waals surface area contributed by atoms with Gasteiger partial charge in [-0.25, -0.2) is 9.69 Å². The Hall–Kier alpha value is -4.19. The van der Waals surface area contributed by atoms with Gasteiger partial charge in [-0.1, -0.05) is 48.3 Å². The number of nitrogens with zero attached hydrogens (tertiary/aromatic N) is 4.